The Morgan fingerprint density at radius 2 is 1.48 bits per heavy atom. The standard InChI is InChI=1S/C11H7BrF8O/c1-21-9(10(15,16)17,11(18,19)20)5-2-3-7(12)6(4-5)8(13)14/h2-4,8H,1H3. The molecule has 1 aromatic rings. The molecule has 0 N–H and O–H groups in total. The van der Waals surface area contributed by atoms with Crippen LogP contribution in [-0.2, 0) is 10.3 Å². The maximum Gasteiger partial charge on any atom is 0.430 e. The number of ether oxygens (including phenoxy) is 1. The van der Waals surface area contributed by atoms with Crippen LogP contribution in [0.1, 0.15) is 17.6 Å². The predicted molar refractivity (Wildman–Crippen MR) is 59.9 cm³/mol. The van der Waals surface area contributed by atoms with Crippen LogP contribution in [0.3, 0.4) is 0 Å². The zero-order chi connectivity index (χ0) is 16.6. The first-order valence-corrected chi connectivity index (χ1v) is 5.94. The summed E-state index contributed by atoms with van der Waals surface area (Å²) in [5.41, 5.74) is -7.14. The van der Waals surface area contributed by atoms with Crippen LogP contribution >= 0.6 is 15.9 Å². The molecule has 0 amide bonds. The molecule has 0 fully saturated rings. The van der Waals surface area contributed by atoms with E-state index in [9.17, 15) is 35.1 Å². The highest BCUT2D eigenvalue weighted by molar-refractivity contribution is 9.10. The number of hydrogen-bond acceptors (Lipinski definition) is 1. The number of halogens is 9. The van der Waals surface area contributed by atoms with Crippen molar-refractivity contribution < 1.29 is 39.9 Å². The van der Waals surface area contributed by atoms with Gasteiger partial charge in [-0.3, -0.25) is 0 Å². The molecule has 0 spiro atoms. The van der Waals surface area contributed by atoms with E-state index in [-0.39, 0.29) is 17.6 Å². The quantitative estimate of drug-likeness (QED) is 0.636. The van der Waals surface area contributed by atoms with E-state index in [0.717, 1.165) is 0 Å². The van der Waals surface area contributed by atoms with Gasteiger partial charge in [0.15, 0.2) is 0 Å². The van der Waals surface area contributed by atoms with E-state index in [0.29, 0.717) is 12.1 Å². The van der Waals surface area contributed by atoms with Crippen molar-refractivity contribution in [3.05, 3.63) is 33.8 Å². The first kappa shape index (κ1) is 18.1. The molecule has 0 unspecified atom stereocenters. The fourth-order valence-corrected chi connectivity index (χ4v) is 2.19. The van der Waals surface area contributed by atoms with Crippen molar-refractivity contribution >= 4 is 15.9 Å². The van der Waals surface area contributed by atoms with E-state index < -0.39 is 35.5 Å². The molecular formula is C11H7BrF8O. The van der Waals surface area contributed by atoms with Gasteiger partial charge in [-0.1, -0.05) is 22.0 Å². The number of benzene rings is 1. The van der Waals surface area contributed by atoms with Crippen LogP contribution < -0.4 is 0 Å². The van der Waals surface area contributed by atoms with Gasteiger partial charge in [0.2, 0.25) is 0 Å². The maximum atomic E-state index is 12.9. The third-order valence-electron chi connectivity index (χ3n) is 2.74. The van der Waals surface area contributed by atoms with Crippen molar-refractivity contribution in [1.82, 2.24) is 0 Å². The minimum atomic E-state index is -5.88. The molecule has 0 bridgehead atoms. The van der Waals surface area contributed by atoms with Gasteiger partial charge >= 0.3 is 12.4 Å². The van der Waals surface area contributed by atoms with Crippen LogP contribution in [0.2, 0.25) is 0 Å². The molecule has 0 saturated heterocycles. The van der Waals surface area contributed by atoms with Gasteiger partial charge in [0.1, 0.15) is 0 Å². The van der Waals surface area contributed by atoms with Crippen LogP contribution in [-0.4, -0.2) is 19.5 Å². The molecular weight excluding hydrogens is 380 g/mol. The summed E-state index contributed by atoms with van der Waals surface area (Å²) in [6, 6.07) is 1.24. The third-order valence-corrected chi connectivity index (χ3v) is 3.46. The highest BCUT2D eigenvalue weighted by Crippen LogP contribution is 2.53. The maximum absolute atomic E-state index is 12.9. The second-order valence-corrected chi connectivity index (χ2v) is 4.77. The first-order valence-electron chi connectivity index (χ1n) is 5.15. The van der Waals surface area contributed by atoms with E-state index in [1.165, 1.54) is 0 Å². The minimum Gasteiger partial charge on any atom is -0.357 e. The van der Waals surface area contributed by atoms with Crippen LogP contribution in [0.15, 0.2) is 22.7 Å². The lowest BCUT2D eigenvalue weighted by molar-refractivity contribution is -0.383. The largest absolute Gasteiger partial charge is 0.430 e. The Morgan fingerprint density at radius 1 is 1.00 bits per heavy atom. The Morgan fingerprint density at radius 3 is 1.81 bits per heavy atom. The topological polar surface area (TPSA) is 9.23 Å². The Bertz CT molecular complexity index is 494. The lowest BCUT2D eigenvalue weighted by atomic mass is 9.90. The minimum absolute atomic E-state index is 0.124. The van der Waals surface area contributed by atoms with Crippen LogP contribution in [0, 0.1) is 0 Å². The molecule has 0 aromatic heterocycles. The zero-order valence-corrected chi connectivity index (χ0v) is 11.7. The van der Waals surface area contributed by atoms with Gasteiger partial charge in [0.25, 0.3) is 12.0 Å². The normalized spacial score (nSPS) is 13.9. The highest BCUT2D eigenvalue weighted by atomic mass is 79.9. The van der Waals surface area contributed by atoms with Gasteiger partial charge < -0.3 is 4.74 Å². The van der Waals surface area contributed by atoms with E-state index >= 15 is 0 Å². The number of hydrogen-bond donors (Lipinski definition) is 0. The van der Waals surface area contributed by atoms with Gasteiger partial charge in [0.05, 0.1) is 0 Å². The second-order valence-electron chi connectivity index (χ2n) is 3.92. The van der Waals surface area contributed by atoms with Crippen molar-refractivity contribution in [2.45, 2.75) is 24.4 Å². The molecule has 0 heterocycles. The Kier molecular flexibility index (Phi) is 4.94. The van der Waals surface area contributed by atoms with E-state index in [4.69, 9.17) is 0 Å². The summed E-state index contributed by atoms with van der Waals surface area (Å²) in [6.07, 6.45) is -15.0. The average molecular weight is 387 g/mol. The van der Waals surface area contributed by atoms with Crippen molar-refractivity contribution in [3.63, 3.8) is 0 Å². The molecule has 0 saturated carbocycles. The van der Waals surface area contributed by atoms with Crippen LogP contribution in [0.5, 0.6) is 0 Å². The fraction of sp³-hybridized carbons (Fsp3) is 0.455. The molecule has 120 valence electrons. The molecule has 0 aliphatic rings. The molecule has 0 aliphatic heterocycles. The highest BCUT2D eigenvalue weighted by Gasteiger charge is 2.73. The SMILES string of the molecule is COC(c1ccc(Br)c(C(F)F)c1)(C(F)(F)F)C(F)(F)F. The average Bonchev–Trinajstić information content (AvgIpc) is 2.28. The Hall–Kier alpha value is -0.900. The van der Waals surface area contributed by atoms with Crippen molar-refractivity contribution in [3.8, 4) is 0 Å². The molecule has 0 aliphatic carbocycles. The number of methoxy groups -OCH3 is 1. The predicted octanol–water partition coefficient (Wildman–Crippen LogP) is 5.35. The summed E-state index contributed by atoms with van der Waals surface area (Å²) in [7, 11) is 0.213. The Balaban J connectivity index is 3.67. The number of alkyl halides is 8. The smallest absolute Gasteiger partial charge is 0.357 e. The summed E-state index contributed by atoms with van der Waals surface area (Å²) in [5.74, 6) is 0. The lowest BCUT2D eigenvalue weighted by Crippen LogP contribution is -2.55. The zero-order valence-electron chi connectivity index (χ0n) is 10.1. The van der Waals surface area contributed by atoms with Crippen molar-refractivity contribution in [1.29, 1.82) is 0 Å². The first-order chi connectivity index (χ1) is 9.38. The van der Waals surface area contributed by atoms with Crippen molar-refractivity contribution in [2.75, 3.05) is 7.11 Å². The summed E-state index contributed by atoms with van der Waals surface area (Å²) in [5, 5.41) is 0. The van der Waals surface area contributed by atoms with Gasteiger partial charge in [-0.15, -0.1) is 0 Å². The van der Waals surface area contributed by atoms with Gasteiger partial charge in [-0.2, -0.15) is 26.3 Å². The molecule has 21 heavy (non-hydrogen) atoms. The van der Waals surface area contributed by atoms with Crippen molar-refractivity contribution in [2.24, 2.45) is 0 Å². The fourth-order valence-electron chi connectivity index (χ4n) is 1.77. The summed E-state index contributed by atoms with van der Waals surface area (Å²) < 4.78 is 106. The molecule has 1 aromatic carbocycles. The second kappa shape index (κ2) is 5.71. The molecule has 1 nitrogen and oxygen atoms in total. The van der Waals surface area contributed by atoms with Crippen LogP contribution in [0.4, 0.5) is 35.1 Å². The van der Waals surface area contributed by atoms with E-state index in [2.05, 4.69) is 20.7 Å². The number of rotatable bonds is 3. The van der Waals surface area contributed by atoms with Gasteiger partial charge in [0, 0.05) is 22.7 Å². The van der Waals surface area contributed by atoms with Gasteiger partial charge in [-0.25, -0.2) is 8.78 Å². The Labute approximate surface area is 122 Å². The van der Waals surface area contributed by atoms with E-state index in [1.807, 2.05) is 0 Å². The summed E-state index contributed by atoms with van der Waals surface area (Å²) in [4.78, 5) is 0. The summed E-state index contributed by atoms with van der Waals surface area (Å²) in [6.45, 7) is 0. The molecule has 1 rings (SSSR count). The van der Waals surface area contributed by atoms with E-state index in [1.54, 1.807) is 0 Å². The monoisotopic (exact) mass is 386 g/mol. The molecule has 0 radical (unpaired) electrons. The molecule has 10 heteroatoms. The van der Waals surface area contributed by atoms with Crippen LogP contribution in [0.25, 0.3) is 0 Å². The summed E-state index contributed by atoms with van der Waals surface area (Å²) >= 11 is 2.64. The van der Waals surface area contributed by atoms with Gasteiger partial charge in [-0.05, 0) is 12.1 Å². The molecule has 0 atom stereocenters. The lowest BCUT2D eigenvalue weighted by Gasteiger charge is -2.36. The third kappa shape index (κ3) is 3.01.